The molecule has 0 N–H and O–H groups in total. The van der Waals surface area contributed by atoms with Gasteiger partial charge in [-0.3, -0.25) is 0 Å². The summed E-state index contributed by atoms with van der Waals surface area (Å²) < 4.78 is 11.2. The number of benzene rings is 2. The lowest BCUT2D eigenvalue weighted by atomic mass is 10.2. The third kappa shape index (κ3) is 4.84. The van der Waals surface area contributed by atoms with Gasteiger partial charge >= 0.3 is 0 Å². The van der Waals surface area contributed by atoms with Gasteiger partial charge in [-0.15, -0.1) is 11.6 Å². The van der Waals surface area contributed by atoms with Gasteiger partial charge in [0.05, 0.1) is 13.2 Å². The zero-order chi connectivity index (χ0) is 13.3. The van der Waals surface area contributed by atoms with Crippen LogP contribution in [0.3, 0.4) is 0 Å². The van der Waals surface area contributed by atoms with Crippen LogP contribution in [-0.4, -0.2) is 13.2 Å². The molecule has 100 valence electrons. The fourth-order valence-electron chi connectivity index (χ4n) is 1.63. The van der Waals surface area contributed by atoms with E-state index in [1.165, 1.54) is 0 Å². The van der Waals surface area contributed by atoms with Crippen LogP contribution in [0, 0.1) is 0 Å². The third-order valence-corrected chi connectivity index (χ3v) is 2.96. The summed E-state index contributed by atoms with van der Waals surface area (Å²) in [5.74, 6) is 2.30. The van der Waals surface area contributed by atoms with E-state index in [-0.39, 0.29) is 0 Å². The van der Waals surface area contributed by atoms with Gasteiger partial charge in [0.15, 0.2) is 0 Å². The van der Waals surface area contributed by atoms with Gasteiger partial charge in [0, 0.05) is 12.3 Å². The molecule has 2 rings (SSSR count). The van der Waals surface area contributed by atoms with Gasteiger partial charge in [-0.05, 0) is 29.8 Å². The summed E-state index contributed by atoms with van der Waals surface area (Å²) in [7, 11) is 0. The minimum Gasteiger partial charge on any atom is -0.493 e. The van der Waals surface area contributed by atoms with Crippen molar-refractivity contribution in [1.29, 1.82) is 0 Å². The summed E-state index contributed by atoms with van der Waals surface area (Å²) in [5.41, 5.74) is 1.10. The Balaban J connectivity index is 1.63. The third-order valence-electron chi connectivity index (χ3n) is 2.65. The van der Waals surface area contributed by atoms with E-state index < -0.39 is 0 Å². The minimum atomic E-state index is 0.533. The maximum atomic E-state index is 5.73. The van der Waals surface area contributed by atoms with Crippen LogP contribution in [-0.2, 0) is 5.88 Å². The van der Waals surface area contributed by atoms with Gasteiger partial charge in [0.2, 0.25) is 0 Å². The second-order valence-electron chi connectivity index (χ2n) is 4.14. The van der Waals surface area contributed by atoms with Gasteiger partial charge < -0.3 is 9.47 Å². The summed E-state index contributed by atoms with van der Waals surface area (Å²) in [6, 6.07) is 17.6. The molecule has 0 amide bonds. The SMILES string of the molecule is ClCc1ccc(OCCCOc2ccccc2)cc1. The van der Waals surface area contributed by atoms with E-state index in [1.54, 1.807) is 0 Å². The van der Waals surface area contributed by atoms with Gasteiger partial charge in [0.1, 0.15) is 11.5 Å². The van der Waals surface area contributed by atoms with Gasteiger partial charge in [-0.1, -0.05) is 30.3 Å². The highest BCUT2D eigenvalue weighted by atomic mass is 35.5. The largest absolute Gasteiger partial charge is 0.493 e. The molecule has 0 atom stereocenters. The molecule has 0 fully saturated rings. The van der Waals surface area contributed by atoms with Crippen LogP contribution in [0.15, 0.2) is 54.6 Å². The highest BCUT2D eigenvalue weighted by molar-refractivity contribution is 6.17. The van der Waals surface area contributed by atoms with Crippen molar-refractivity contribution in [3.05, 3.63) is 60.2 Å². The maximum absolute atomic E-state index is 5.73. The number of alkyl halides is 1. The van der Waals surface area contributed by atoms with Crippen molar-refractivity contribution in [3.63, 3.8) is 0 Å². The highest BCUT2D eigenvalue weighted by Gasteiger charge is 1.96. The molecule has 0 spiro atoms. The first-order valence-electron chi connectivity index (χ1n) is 6.34. The number of para-hydroxylation sites is 1. The van der Waals surface area contributed by atoms with E-state index in [0.29, 0.717) is 19.1 Å². The molecule has 0 aliphatic carbocycles. The Hall–Kier alpha value is -1.67. The molecule has 0 bridgehead atoms. The van der Waals surface area contributed by atoms with Crippen molar-refractivity contribution in [1.82, 2.24) is 0 Å². The average Bonchev–Trinajstić information content (AvgIpc) is 2.49. The summed E-state index contributed by atoms with van der Waals surface area (Å²) in [6.45, 7) is 1.30. The lowest BCUT2D eigenvalue weighted by molar-refractivity contribution is 0.247. The molecule has 0 radical (unpaired) electrons. The molecule has 0 saturated carbocycles. The number of ether oxygens (including phenoxy) is 2. The van der Waals surface area contributed by atoms with Crippen molar-refractivity contribution in [2.24, 2.45) is 0 Å². The van der Waals surface area contributed by atoms with Crippen LogP contribution in [0.4, 0.5) is 0 Å². The van der Waals surface area contributed by atoms with Gasteiger partial charge in [-0.25, -0.2) is 0 Å². The van der Waals surface area contributed by atoms with E-state index in [9.17, 15) is 0 Å². The summed E-state index contributed by atoms with van der Waals surface area (Å²) in [4.78, 5) is 0. The molecular weight excluding hydrogens is 260 g/mol. The molecule has 0 heterocycles. The maximum Gasteiger partial charge on any atom is 0.119 e. The molecule has 0 aromatic heterocycles. The Bertz CT molecular complexity index is 468. The van der Waals surface area contributed by atoms with Gasteiger partial charge in [0.25, 0.3) is 0 Å². The monoisotopic (exact) mass is 276 g/mol. The number of halogens is 1. The standard InChI is InChI=1S/C16H17ClO2/c17-13-14-7-9-16(10-8-14)19-12-4-11-18-15-5-2-1-3-6-15/h1-3,5-10H,4,11-13H2. The van der Waals surface area contributed by atoms with E-state index >= 15 is 0 Å². The normalized spacial score (nSPS) is 10.2. The lowest BCUT2D eigenvalue weighted by Gasteiger charge is -2.08. The summed E-state index contributed by atoms with van der Waals surface area (Å²) >= 11 is 5.73. The summed E-state index contributed by atoms with van der Waals surface area (Å²) in [5, 5.41) is 0. The van der Waals surface area contributed by atoms with Crippen molar-refractivity contribution >= 4 is 11.6 Å². The Morgan fingerprint density at radius 2 is 1.32 bits per heavy atom. The average molecular weight is 277 g/mol. The van der Waals surface area contributed by atoms with E-state index in [1.807, 2.05) is 54.6 Å². The number of rotatable bonds is 7. The van der Waals surface area contributed by atoms with Crippen LogP contribution in [0.2, 0.25) is 0 Å². The van der Waals surface area contributed by atoms with Crippen LogP contribution in [0.5, 0.6) is 11.5 Å². The molecular formula is C16H17ClO2. The predicted octanol–water partition coefficient (Wildman–Crippen LogP) is 4.27. The van der Waals surface area contributed by atoms with Crippen molar-refractivity contribution in [2.45, 2.75) is 12.3 Å². The lowest BCUT2D eigenvalue weighted by Crippen LogP contribution is -2.04. The van der Waals surface area contributed by atoms with Crippen molar-refractivity contribution < 1.29 is 9.47 Å². The van der Waals surface area contributed by atoms with E-state index in [4.69, 9.17) is 21.1 Å². The van der Waals surface area contributed by atoms with Crippen molar-refractivity contribution in [3.8, 4) is 11.5 Å². The van der Waals surface area contributed by atoms with Crippen molar-refractivity contribution in [2.75, 3.05) is 13.2 Å². The second-order valence-corrected chi connectivity index (χ2v) is 4.41. The summed E-state index contributed by atoms with van der Waals surface area (Å²) in [6.07, 6.45) is 0.853. The fraction of sp³-hybridized carbons (Fsp3) is 0.250. The number of hydrogen-bond acceptors (Lipinski definition) is 2. The smallest absolute Gasteiger partial charge is 0.119 e. The van der Waals surface area contributed by atoms with E-state index in [2.05, 4.69) is 0 Å². The zero-order valence-electron chi connectivity index (χ0n) is 10.7. The molecule has 0 aliphatic rings. The second kappa shape index (κ2) is 7.70. The quantitative estimate of drug-likeness (QED) is 0.555. The van der Waals surface area contributed by atoms with Gasteiger partial charge in [-0.2, -0.15) is 0 Å². The molecule has 0 aliphatic heterocycles. The first-order chi connectivity index (χ1) is 9.38. The highest BCUT2D eigenvalue weighted by Crippen LogP contribution is 2.14. The van der Waals surface area contributed by atoms with Crippen LogP contribution in [0.25, 0.3) is 0 Å². The molecule has 2 aromatic rings. The molecule has 0 unspecified atom stereocenters. The van der Waals surface area contributed by atoms with Crippen LogP contribution in [0.1, 0.15) is 12.0 Å². The zero-order valence-corrected chi connectivity index (χ0v) is 11.5. The Morgan fingerprint density at radius 3 is 1.89 bits per heavy atom. The topological polar surface area (TPSA) is 18.5 Å². The minimum absolute atomic E-state index is 0.533. The first-order valence-corrected chi connectivity index (χ1v) is 6.87. The van der Waals surface area contributed by atoms with Crippen LogP contribution < -0.4 is 9.47 Å². The molecule has 3 heteroatoms. The van der Waals surface area contributed by atoms with Crippen LogP contribution >= 0.6 is 11.6 Å². The Kier molecular flexibility index (Phi) is 5.57. The number of hydrogen-bond donors (Lipinski definition) is 0. The Labute approximate surface area is 118 Å². The molecule has 0 saturated heterocycles. The first kappa shape index (κ1) is 13.8. The predicted molar refractivity (Wildman–Crippen MR) is 78.0 cm³/mol. The molecule has 2 aromatic carbocycles. The molecule has 19 heavy (non-hydrogen) atoms. The fourth-order valence-corrected chi connectivity index (χ4v) is 1.81. The molecule has 2 nitrogen and oxygen atoms in total. The Morgan fingerprint density at radius 1 is 0.737 bits per heavy atom. The van der Waals surface area contributed by atoms with E-state index in [0.717, 1.165) is 23.5 Å².